The number of hydrogen-bond acceptors (Lipinski definition) is 4. The molecule has 21 heavy (non-hydrogen) atoms. The molecule has 110 valence electrons. The molecule has 0 N–H and O–H groups in total. The predicted octanol–water partition coefficient (Wildman–Crippen LogP) is 2.10. The Balaban J connectivity index is 1.66. The van der Waals surface area contributed by atoms with Crippen molar-refractivity contribution in [2.45, 2.75) is 44.6 Å². The maximum atomic E-state index is 9.20. The van der Waals surface area contributed by atoms with Crippen molar-refractivity contribution in [2.75, 3.05) is 13.1 Å². The monoisotopic (exact) mass is 283 g/mol. The van der Waals surface area contributed by atoms with Gasteiger partial charge >= 0.3 is 0 Å². The molecule has 0 bridgehead atoms. The van der Waals surface area contributed by atoms with Crippen molar-refractivity contribution in [2.24, 2.45) is 13.0 Å². The van der Waals surface area contributed by atoms with Crippen molar-refractivity contribution in [3.63, 3.8) is 0 Å². The fourth-order valence-corrected chi connectivity index (χ4v) is 3.21. The second kappa shape index (κ2) is 5.87. The zero-order valence-corrected chi connectivity index (χ0v) is 12.5. The van der Waals surface area contributed by atoms with Gasteiger partial charge < -0.3 is 4.57 Å². The van der Waals surface area contributed by atoms with Crippen molar-refractivity contribution < 1.29 is 0 Å². The molecule has 0 spiro atoms. The summed E-state index contributed by atoms with van der Waals surface area (Å²) in [6.45, 7) is 2.59. The topological polar surface area (TPSA) is 68.6 Å². The average Bonchev–Trinajstić information content (AvgIpc) is 3.28. The second-order valence-corrected chi connectivity index (χ2v) is 6.20. The molecule has 0 unspecified atom stereocenters. The van der Waals surface area contributed by atoms with Crippen LogP contribution in [0.15, 0.2) is 0 Å². The molecular formula is C16H21N5. The molecular weight excluding hydrogens is 262 g/mol. The standard InChI is InChI=1S/C16H21N5/c1-20-15-6-8-21(10-12(9-18)3-2-7-17)11-14(15)19-16(20)13-4-5-13/h12-13H,2-6,8,10-11H2,1H3/t12-/m0/s1. The summed E-state index contributed by atoms with van der Waals surface area (Å²) in [7, 11) is 2.14. The summed E-state index contributed by atoms with van der Waals surface area (Å²) < 4.78 is 2.29. The van der Waals surface area contributed by atoms with Gasteiger partial charge in [0.2, 0.25) is 0 Å². The van der Waals surface area contributed by atoms with Gasteiger partial charge in [-0.1, -0.05) is 0 Å². The summed E-state index contributed by atoms with van der Waals surface area (Å²) in [5.74, 6) is 1.89. The van der Waals surface area contributed by atoms with Crippen LogP contribution in [0.5, 0.6) is 0 Å². The fraction of sp³-hybridized carbons (Fsp3) is 0.688. The van der Waals surface area contributed by atoms with E-state index < -0.39 is 0 Å². The first-order valence-corrected chi connectivity index (χ1v) is 7.76. The Morgan fingerprint density at radius 3 is 2.86 bits per heavy atom. The predicted molar refractivity (Wildman–Crippen MR) is 78.1 cm³/mol. The molecule has 1 aromatic heterocycles. The van der Waals surface area contributed by atoms with Crippen LogP contribution >= 0.6 is 0 Å². The molecule has 2 aliphatic rings. The number of fused-ring (bicyclic) bond motifs is 1. The molecule has 0 amide bonds. The lowest BCUT2D eigenvalue weighted by Crippen LogP contribution is -2.34. The number of nitrogens with zero attached hydrogens (tertiary/aromatic N) is 5. The van der Waals surface area contributed by atoms with E-state index in [0.29, 0.717) is 18.8 Å². The van der Waals surface area contributed by atoms with Crippen LogP contribution < -0.4 is 0 Å². The van der Waals surface area contributed by atoms with Gasteiger partial charge in [0, 0.05) is 51.1 Å². The van der Waals surface area contributed by atoms with Crippen molar-refractivity contribution in [3.05, 3.63) is 17.2 Å². The molecule has 5 heteroatoms. The zero-order chi connectivity index (χ0) is 14.8. The summed E-state index contributed by atoms with van der Waals surface area (Å²) in [5.41, 5.74) is 2.57. The highest BCUT2D eigenvalue weighted by atomic mass is 15.2. The van der Waals surface area contributed by atoms with E-state index in [2.05, 4.69) is 28.7 Å². The molecule has 3 rings (SSSR count). The first-order valence-electron chi connectivity index (χ1n) is 7.76. The van der Waals surface area contributed by atoms with Gasteiger partial charge in [-0.05, 0) is 19.3 Å². The van der Waals surface area contributed by atoms with Crippen LogP contribution in [0.1, 0.15) is 48.8 Å². The Hall–Kier alpha value is -1.85. The SMILES string of the molecule is Cn1c(C2CC2)nc2c1CCN(C[C@H](C#N)CCC#N)C2. The summed E-state index contributed by atoms with van der Waals surface area (Å²) in [4.78, 5) is 7.16. The largest absolute Gasteiger partial charge is 0.335 e. The van der Waals surface area contributed by atoms with Crippen molar-refractivity contribution in [3.8, 4) is 12.1 Å². The van der Waals surface area contributed by atoms with Crippen LogP contribution in [-0.4, -0.2) is 27.5 Å². The fourth-order valence-electron chi connectivity index (χ4n) is 3.21. The minimum absolute atomic E-state index is 0.0437. The molecule has 1 aliphatic carbocycles. The Morgan fingerprint density at radius 2 is 2.19 bits per heavy atom. The quantitative estimate of drug-likeness (QED) is 0.830. The van der Waals surface area contributed by atoms with Crippen molar-refractivity contribution >= 4 is 0 Å². The molecule has 1 atom stereocenters. The van der Waals surface area contributed by atoms with Gasteiger partial charge in [-0.15, -0.1) is 0 Å². The van der Waals surface area contributed by atoms with Gasteiger partial charge in [-0.3, -0.25) is 4.90 Å². The maximum absolute atomic E-state index is 9.20. The third-order valence-corrected chi connectivity index (χ3v) is 4.58. The molecule has 1 saturated carbocycles. The van der Waals surface area contributed by atoms with E-state index in [0.717, 1.165) is 26.1 Å². The first kappa shape index (κ1) is 14.1. The van der Waals surface area contributed by atoms with E-state index in [1.807, 2.05) is 0 Å². The normalized spacial score (nSPS) is 19.6. The lowest BCUT2D eigenvalue weighted by atomic mass is 10.0. The molecule has 2 heterocycles. The molecule has 1 fully saturated rings. The van der Waals surface area contributed by atoms with E-state index >= 15 is 0 Å². The molecule has 1 aromatic rings. The number of imidazole rings is 1. The van der Waals surface area contributed by atoms with E-state index in [1.54, 1.807) is 0 Å². The van der Waals surface area contributed by atoms with Crippen LogP contribution in [0.25, 0.3) is 0 Å². The van der Waals surface area contributed by atoms with Gasteiger partial charge in [-0.2, -0.15) is 10.5 Å². The van der Waals surface area contributed by atoms with Gasteiger partial charge in [0.1, 0.15) is 5.82 Å². The lowest BCUT2D eigenvalue weighted by Gasteiger charge is -2.28. The van der Waals surface area contributed by atoms with Gasteiger partial charge in [-0.25, -0.2) is 4.98 Å². The molecule has 0 radical (unpaired) electrons. The van der Waals surface area contributed by atoms with E-state index in [4.69, 9.17) is 10.2 Å². The van der Waals surface area contributed by atoms with Crippen LogP contribution in [-0.2, 0) is 20.0 Å². The summed E-state index contributed by atoms with van der Waals surface area (Å²) in [6.07, 6.45) is 4.71. The third-order valence-electron chi connectivity index (χ3n) is 4.58. The smallest absolute Gasteiger partial charge is 0.112 e. The summed E-state index contributed by atoms with van der Waals surface area (Å²) in [6, 6.07) is 4.46. The molecule has 0 saturated heterocycles. The van der Waals surface area contributed by atoms with E-state index in [9.17, 15) is 5.26 Å². The highest BCUT2D eigenvalue weighted by Gasteiger charge is 2.32. The highest BCUT2D eigenvalue weighted by molar-refractivity contribution is 5.23. The Bertz CT molecular complexity index is 599. The minimum Gasteiger partial charge on any atom is -0.335 e. The lowest BCUT2D eigenvalue weighted by molar-refractivity contribution is 0.224. The number of hydrogen-bond donors (Lipinski definition) is 0. The van der Waals surface area contributed by atoms with Crippen LogP contribution in [0.2, 0.25) is 0 Å². The first-order chi connectivity index (χ1) is 10.2. The van der Waals surface area contributed by atoms with Crippen molar-refractivity contribution in [1.29, 1.82) is 10.5 Å². The number of aromatic nitrogens is 2. The van der Waals surface area contributed by atoms with Crippen LogP contribution in [0, 0.1) is 28.6 Å². The van der Waals surface area contributed by atoms with Crippen LogP contribution in [0.4, 0.5) is 0 Å². The Morgan fingerprint density at radius 1 is 1.38 bits per heavy atom. The molecule has 0 aromatic carbocycles. The Labute approximate surface area is 125 Å². The zero-order valence-electron chi connectivity index (χ0n) is 12.5. The van der Waals surface area contributed by atoms with Crippen LogP contribution in [0.3, 0.4) is 0 Å². The van der Waals surface area contributed by atoms with Gasteiger partial charge in [0.05, 0.1) is 23.8 Å². The number of nitriles is 2. The maximum Gasteiger partial charge on any atom is 0.112 e. The van der Waals surface area contributed by atoms with Gasteiger partial charge in [0.25, 0.3) is 0 Å². The minimum atomic E-state index is -0.0437. The third kappa shape index (κ3) is 2.94. The second-order valence-electron chi connectivity index (χ2n) is 6.20. The van der Waals surface area contributed by atoms with Gasteiger partial charge in [0.15, 0.2) is 0 Å². The summed E-state index contributed by atoms with van der Waals surface area (Å²) in [5, 5.41) is 17.9. The molecule has 1 aliphatic heterocycles. The summed E-state index contributed by atoms with van der Waals surface area (Å²) >= 11 is 0. The van der Waals surface area contributed by atoms with Crippen molar-refractivity contribution in [1.82, 2.24) is 14.5 Å². The average molecular weight is 283 g/mol. The van der Waals surface area contributed by atoms with E-state index in [1.165, 1.54) is 30.1 Å². The highest BCUT2D eigenvalue weighted by Crippen LogP contribution is 2.40. The Kier molecular flexibility index (Phi) is 3.94. The van der Waals surface area contributed by atoms with E-state index in [-0.39, 0.29) is 5.92 Å². The molecule has 5 nitrogen and oxygen atoms in total. The number of rotatable bonds is 5.